The Bertz CT molecular complexity index is 1140. The molecule has 0 radical (unpaired) electrons. The Kier molecular flexibility index (Phi) is 9.04. The second kappa shape index (κ2) is 11.8. The van der Waals surface area contributed by atoms with E-state index in [4.69, 9.17) is 21.1 Å². The van der Waals surface area contributed by atoms with Crippen LogP contribution in [0.3, 0.4) is 0 Å². The molecule has 7 nitrogen and oxygen atoms in total. The first kappa shape index (κ1) is 26.1. The number of nitrogens with one attached hydrogen (secondary N) is 1. The average Bonchev–Trinajstić information content (AvgIpc) is 3.05. The fourth-order valence-electron chi connectivity index (χ4n) is 2.99. The lowest BCUT2D eigenvalue weighted by Gasteiger charge is -2.16. The maximum atomic E-state index is 12.8. The molecule has 1 aliphatic heterocycles. The summed E-state index contributed by atoms with van der Waals surface area (Å²) in [6, 6.07) is 10.3. The molecule has 1 fully saturated rings. The molecular formula is C24H24BrClN2O5S. The van der Waals surface area contributed by atoms with E-state index in [1.54, 1.807) is 42.5 Å². The van der Waals surface area contributed by atoms with Gasteiger partial charge in [-0.15, -0.1) is 0 Å². The Labute approximate surface area is 215 Å². The topological polar surface area (TPSA) is 84.9 Å². The Hall–Kier alpha value is -2.49. The Morgan fingerprint density at radius 2 is 1.97 bits per heavy atom. The molecule has 1 heterocycles. The van der Waals surface area contributed by atoms with E-state index >= 15 is 0 Å². The third-order valence-corrected chi connectivity index (χ3v) is 6.99. The minimum Gasteiger partial charge on any atom is -0.490 e. The summed E-state index contributed by atoms with van der Waals surface area (Å²) in [6.07, 6.45) is 2.48. The molecule has 3 rings (SSSR count). The molecule has 0 aromatic heterocycles. The van der Waals surface area contributed by atoms with E-state index in [1.165, 1.54) is 0 Å². The van der Waals surface area contributed by atoms with Gasteiger partial charge in [0.15, 0.2) is 11.5 Å². The minimum atomic E-state index is -0.531. The van der Waals surface area contributed by atoms with E-state index in [-0.39, 0.29) is 11.0 Å². The number of hydrogen-bond acceptors (Lipinski definition) is 6. The van der Waals surface area contributed by atoms with Gasteiger partial charge in [-0.05, 0) is 89.9 Å². The number of rotatable bonds is 9. The van der Waals surface area contributed by atoms with Crippen molar-refractivity contribution in [3.8, 4) is 11.5 Å². The van der Waals surface area contributed by atoms with E-state index < -0.39 is 23.6 Å². The van der Waals surface area contributed by atoms with Gasteiger partial charge in [0.2, 0.25) is 5.91 Å². The van der Waals surface area contributed by atoms with Crippen LogP contribution in [-0.2, 0) is 9.59 Å². The summed E-state index contributed by atoms with van der Waals surface area (Å²) < 4.78 is 12.3. The van der Waals surface area contributed by atoms with Crippen LogP contribution in [0.1, 0.15) is 32.8 Å². The highest BCUT2D eigenvalue weighted by molar-refractivity contribution is 9.10. The molecule has 0 aliphatic carbocycles. The zero-order chi connectivity index (χ0) is 24.8. The van der Waals surface area contributed by atoms with Gasteiger partial charge in [0.25, 0.3) is 11.1 Å². The molecule has 0 saturated carbocycles. The Morgan fingerprint density at radius 3 is 2.65 bits per heavy atom. The monoisotopic (exact) mass is 566 g/mol. The molecule has 0 bridgehead atoms. The average molecular weight is 568 g/mol. The van der Waals surface area contributed by atoms with E-state index in [0.717, 1.165) is 23.1 Å². The smallest absolute Gasteiger partial charge is 0.294 e. The molecule has 0 spiro atoms. The molecule has 180 valence electrons. The number of thioether (sulfide) groups is 1. The number of nitrogens with zero attached hydrogens (tertiary/aromatic N) is 1. The molecule has 2 aromatic rings. The van der Waals surface area contributed by atoms with Gasteiger partial charge in [-0.2, -0.15) is 0 Å². The number of carbonyl (C=O) groups excluding carboxylic acids is 3. The molecule has 1 atom stereocenters. The van der Waals surface area contributed by atoms with Gasteiger partial charge in [0.05, 0.1) is 22.6 Å². The zero-order valence-electron chi connectivity index (χ0n) is 18.9. The molecular weight excluding hydrogens is 544 g/mol. The van der Waals surface area contributed by atoms with E-state index in [2.05, 4.69) is 21.2 Å². The van der Waals surface area contributed by atoms with Gasteiger partial charge in [-0.1, -0.05) is 24.6 Å². The number of benzene rings is 2. The molecule has 34 heavy (non-hydrogen) atoms. The van der Waals surface area contributed by atoms with Crippen LogP contribution in [0.4, 0.5) is 10.5 Å². The zero-order valence-corrected chi connectivity index (χ0v) is 22.1. The summed E-state index contributed by atoms with van der Waals surface area (Å²) >= 11 is 10.1. The van der Waals surface area contributed by atoms with Crippen molar-refractivity contribution in [2.75, 3.05) is 18.5 Å². The van der Waals surface area contributed by atoms with Crippen LogP contribution >= 0.6 is 39.3 Å². The van der Waals surface area contributed by atoms with Gasteiger partial charge in [0.1, 0.15) is 6.54 Å². The second-order valence-electron chi connectivity index (χ2n) is 7.42. The highest BCUT2D eigenvalue weighted by Crippen LogP contribution is 2.35. The first-order chi connectivity index (χ1) is 16.2. The van der Waals surface area contributed by atoms with E-state index in [9.17, 15) is 14.4 Å². The summed E-state index contributed by atoms with van der Waals surface area (Å²) in [5.41, 5.74) is 1.14. The number of amides is 3. The Morgan fingerprint density at radius 1 is 1.21 bits per heavy atom. The largest absolute Gasteiger partial charge is 0.490 e. The van der Waals surface area contributed by atoms with Crippen LogP contribution in [-0.4, -0.2) is 41.2 Å². The maximum Gasteiger partial charge on any atom is 0.294 e. The number of carbonyl (C=O) groups is 3. The van der Waals surface area contributed by atoms with Crippen molar-refractivity contribution in [1.82, 2.24) is 4.90 Å². The first-order valence-corrected chi connectivity index (χ1v) is 12.6. The van der Waals surface area contributed by atoms with Crippen LogP contribution < -0.4 is 14.8 Å². The van der Waals surface area contributed by atoms with Crippen LogP contribution in [0.15, 0.2) is 45.8 Å². The predicted octanol–water partition coefficient (Wildman–Crippen LogP) is 6.35. The maximum absolute atomic E-state index is 12.8. The SMILES string of the molecule is CCOc1cc(/C=C2/SC(=O)N(CC(=O)Nc3ccc(Br)c(Cl)c3)C2=O)ccc1O[C@@H](C)CC. The van der Waals surface area contributed by atoms with Crippen LogP contribution in [0, 0.1) is 0 Å². The van der Waals surface area contributed by atoms with Gasteiger partial charge >= 0.3 is 0 Å². The minimum absolute atomic E-state index is 0.0288. The lowest BCUT2D eigenvalue weighted by molar-refractivity contribution is -0.127. The van der Waals surface area contributed by atoms with Crippen molar-refractivity contribution in [2.45, 2.75) is 33.3 Å². The van der Waals surface area contributed by atoms with Gasteiger partial charge in [-0.25, -0.2) is 0 Å². The highest BCUT2D eigenvalue weighted by atomic mass is 79.9. The molecule has 10 heteroatoms. The summed E-state index contributed by atoms with van der Waals surface area (Å²) in [6.45, 7) is 5.93. The van der Waals surface area contributed by atoms with Crippen molar-refractivity contribution >= 4 is 68.1 Å². The number of anilines is 1. The van der Waals surface area contributed by atoms with Crippen LogP contribution in [0.5, 0.6) is 11.5 Å². The summed E-state index contributed by atoms with van der Waals surface area (Å²) in [4.78, 5) is 38.8. The number of ether oxygens (including phenoxy) is 2. The number of hydrogen-bond donors (Lipinski definition) is 1. The molecule has 1 aliphatic rings. The lowest BCUT2D eigenvalue weighted by atomic mass is 10.1. The van der Waals surface area contributed by atoms with Gasteiger partial charge in [0, 0.05) is 10.2 Å². The quantitative estimate of drug-likeness (QED) is 0.355. The van der Waals surface area contributed by atoms with Crippen molar-refractivity contribution in [2.24, 2.45) is 0 Å². The predicted molar refractivity (Wildman–Crippen MR) is 138 cm³/mol. The molecule has 0 unspecified atom stereocenters. The van der Waals surface area contributed by atoms with Crippen molar-refractivity contribution < 1.29 is 23.9 Å². The van der Waals surface area contributed by atoms with Crippen molar-refractivity contribution in [3.63, 3.8) is 0 Å². The van der Waals surface area contributed by atoms with Crippen LogP contribution in [0.2, 0.25) is 5.02 Å². The summed E-state index contributed by atoms with van der Waals surface area (Å²) in [5.74, 6) is 0.137. The molecule has 3 amide bonds. The van der Waals surface area contributed by atoms with Gasteiger partial charge in [-0.3, -0.25) is 19.3 Å². The van der Waals surface area contributed by atoms with Gasteiger partial charge < -0.3 is 14.8 Å². The van der Waals surface area contributed by atoms with E-state index in [1.807, 2.05) is 20.8 Å². The normalized spacial score (nSPS) is 15.6. The third kappa shape index (κ3) is 6.55. The molecule has 1 saturated heterocycles. The van der Waals surface area contributed by atoms with E-state index in [0.29, 0.717) is 38.9 Å². The Balaban J connectivity index is 1.72. The molecule has 2 aromatic carbocycles. The standard InChI is InChI=1S/C24H24BrClN2O5S/c1-4-14(3)33-19-9-6-15(10-20(19)32-5-2)11-21-23(30)28(24(31)34-21)13-22(29)27-16-7-8-17(25)18(26)12-16/h6-12,14H,4-5,13H2,1-3H3,(H,27,29)/b21-11+/t14-/m0/s1. The lowest BCUT2D eigenvalue weighted by Crippen LogP contribution is -2.36. The fraction of sp³-hybridized carbons (Fsp3) is 0.292. The summed E-state index contributed by atoms with van der Waals surface area (Å²) in [5, 5.41) is 2.56. The van der Waals surface area contributed by atoms with Crippen LogP contribution in [0.25, 0.3) is 6.08 Å². The molecule has 1 N–H and O–H groups in total. The van der Waals surface area contributed by atoms with Crippen molar-refractivity contribution in [1.29, 1.82) is 0 Å². The fourth-order valence-corrected chi connectivity index (χ4v) is 4.25. The second-order valence-corrected chi connectivity index (χ2v) is 9.68. The van der Waals surface area contributed by atoms with Crippen molar-refractivity contribution in [3.05, 3.63) is 56.4 Å². The first-order valence-electron chi connectivity index (χ1n) is 10.7. The number of imide groups is 1. The summed E-state index contributed by atoms with van der Waals surface area (Å²) in [7, 11) is 0. The highest BCUT2D eigenvalue weighted by Gasteiger charge is 2.36. The third-order valence-electron chi connectivity index (χ3n) is 4.85. The number of halogens is 2.